The summed E-state index contributed by atoms with van der Waals surface area (Å²) in [4.78, 5) is 25.1. The Balaban J connectivity index is 2.01. The van der Waals surface area contributed by atoms with Crippen molar-refractivity contribution in [2.75, 3.05) is 6.54 Å². The van der Waals surface area contributed by atoms with Crippen LogP contribution in [0.5, 0.6) is 0 Å². The lowest BCUT2D eigenvalue weighted by Gasteiger charge is -2.29. The molecule has 0 bridgehead atoms. The minimum Gasteiger partial charge on any atom is -0.444 e. The summed E-state index contributed by atoms with van der Waals surface area (Å²) in [7, 11) is 0. The van der Waals surface area contributed by atoms with E-state index in [2.05, 4.69) is 16.0 Å². The van der Waals surface area contributed by atoms with E-state index < -0.39 is 23.8 Å². The molecule has 4 atom stereocenters. The summed E-state index contributed by atoms with van der Waals surface area (Å²) in [5.41, 5.74) is 0.111. The topological polar surface area (TPSA) is 99.7 Å². The summed E-state index contributed by atoms with van der Waals surface area (Å²) >= 11 is 0. The number of aliphatic hydroxyl groups is 1. The largest absolute Gasteiger partial charge is 0.444 e. The van der Waals surface area contributed by atoms with Crippen molar-refractivity contribution in [3.05, 3.63) is 35.9 Å². The Bertz CT molecular complexity index is 740. The molecule has 0 aromatic heterocycles. The van der Waals surface area contributed by atoms with Gasteiger partial charge in [-0.2, -0.15) is 0 Å². The fraction of sp³-hybridized carbons (Fsp3) is 0.680. The van der Waals surface area contributed by atoms with Crippen molar-refractivity contribution >= 4 is 12.0 Å². The van der Waals surface area contributed by atoms with E-state index in [4.69, 9.17) is 4.74 Å². The second-order valence-electron chi connectivity index (χ2n) is 10.8. The van der Waals surface area contributed by atoms with Crippen LogP contribution in [0.4, 0.5) is 4.79 Å². The van der Waals surface area contributed by atoms with Crippen LogP contribution in [0.3, 0.4) is 0 Å². The molecule has 0 saturated heterocycles. The van der Waals surface area contributed by atoms with Gasteiger partial charge in [0, 0.05) is 18.1 Å². The summed E-state index contributed by atoms with van der Waals surface area (Å²) in [5.74, 6) is -0.0671. The summed E-state index contributed by atoms with van der Waals surface area (Å²) in [6.45, 7) is 11.6. The van der Waals surface area contributed by atoms with Crippen LogP contribution in [0, 0.1) is 5.92 Å². The molecule has 1 aromatic carbocycles. The average Bonchev–Trinajstić information content (AvgIpc) is 3.12. The number of nitrogens with one attached hydrogen (secondary N) is 3. The van der Waals surface area contributed by atoms with Gasteiger partial charge in [-0.1, -0.05) is 36.8 Å². The smallest absolute Gasteiger partial charge is 0.407 e. The molecule has 1 saturated carbocycles. The van der Waals surface area contributed by atoms with Gasteiger partial charge in [-0.3, -0.25) is 4.79 Å². The highest BCUT2D eigenvalue weighted by Gasteiger charge is 2.35. The molecular formula is C25H41N3O4. The predicted octanol–water partition coefficient (Wildman–Crippen LogP) is 3.16. The van der Waals surface area contributed by atoms with Crippen LogP contribution in [-0.4, -0.2) is 53.0 Å². The molecule has 1 aromatic rings. The average molecular weight is 448 g/mol. The van der Waals surface area contributed by atoms with Crippen LogP contribution in [0.2, 0.25) is 0 Å². The van der Waals surface area contributed by atoms with Crippen molar-refractivity contribution in [3.8, 4) is 0 Å². The Morgan fingerprint density at radius 3 is 2.34 bits per heavy atom. The van der Waals surface area contributed by atoms with E-state index in [0.29, 0.717) is 6.42 Å². The summed E-state index contributed by atoms with van der Waals surface area (Å²) in [6.07, 6.45) is 1.77. The van der Waals surface area contributed by atoms with E-state index >= 15 is 0 Å². The summed E-state index contributed by atoms with van der Waals surface area (Å²) in [6, 6.07) is 9.21. The molecule has 1 fully saturated rings. The lowest BCUT2D eigenvalue weighted by molar-refractivity contribution is -0.126. The van der Waals surface area contributed by atoms with Gasteiger partial charge in [-0.15, -0.1) is 0 Å². The molecule has 32 heavy (non-hydrogen) atoms. The van der Waals surface area contributed by atoms with Gasteiger partial charge in [0.05, 0.1) is 18.1 Å². The first-order valence-corrected chi connectivity index (χ1v) is 11.6. The molecule has 2 rings (SSSR count). The van der Waals surface area contributed by atoms with Gasteiger partial charge in [0.25, 0.3) is 0 Å². The Kier molecular flexibility index (Phi) is 9.10. The van der Waals surface area contributed by atoms with E-state index in [1.165, 1.54) is 0 Å². The second kappa shape index (κ2) is 11.1. The van der Waals surface area contributed by atoms with E-state index in [1.807, 2.05) is 51.1 Å². The number of rotatable bonds is 8. The molecular weight excluding hydrogens is 406 g/mol. The molecule has 1 aliphatic rings. The Labute approximate surface area is 192 Å². The maximum atomic E-state index is 12.7. The monoisotopic (exact) mass is 447 g/mol. The molecule has 4 N–H and O–H groups in total. The molecule has 1 aliphatic carbocycles. The fourth-order valence-electron chi connectivity index (χ4n) is 4.01. The first-order valence-electron chi connectivity index (χ1n) is 11.6. The van der Waals surface area contributed by atoms with E-state index in [-0.39, 0.29) is 30.0 Å². The van der Waals surface area contributed by atoms with Crippen molar-refractivity contribution in [3.63, 3.8) is 0 Å². The molecule has 0 heterocycles. The van der Waals surface area contributed by atoms with Crippen LogP contribution < -0.4 is 16.0 Å². The van der Waals surface area contributed by atoms with Crippen molar-refractivity contribution in [1.82, 2.24) is 16.0 Å². The number of carbonyl (C=O) groups is 2. The van der Waals surface area contributed by atoms with Crippen molar-refractivity contribution in [2.24, 2.45) is 5.92 Å². The van der Waals surface area contributed by atoms with Crippen LogP contribution in [0.15, 0.2) is 30.3 Å². The van der Waals surface area contributed by atoms with Gasteiger partial charge in [0.2, 0.25) is 5.91 Å². The number of carbonyl (C=O) groups excluding carboxylic acids is 2. The minimum absolute atomic E-state index is 0.00546. The molecule has 7 nitrogen and oxygen atoms in total. The quantitative estimate of drug-likeness (QED) is 0.491. The Hall–Kier alpha value is -2.12. The third-order valence-corrected chi connectivity index (χ3v) is 5.41. The number of aliphatic hydroxyl groups excluding tert-OH is 1. The summed E-state index contributed by atoms with van der Waals surface area (Å²) in [5, 5.41) is 20.2. The molecule has 7 heteroatoms. The van der Waals surface area contributed by atoms with E-state index in [0.717, 1.165) is 24.8 Å². The van der Waals surface area contributed by atoms with Gasteiger partial charge in [0.15, 0.2) is 0 Å². The fourth-order valence-corrected chi connectivity index (χ4v) is 4.01. The molecule has 2 amide bonds. The zero-order chi connectivity index (χ0) is 23.9. The van der Waals surface area contributed by atoms with Crippen molar-refractivity contribution in [1.29, 1.82) is 0 Å². The normalized spacial score (nSPS) is 21.0. The van der Waals surface area contributed by atoms with E-state index in [1.54, 1.807) is 20.8 Å². The Morgan fingerprint density at radius 2 is 1.75 bits per heavy atom. The molecule has 0 spiro atoms. The highest BCUT2D eigenvalue weighted by atomic mass is 16.6. The summed E-state index contributed by atoms with van der Waals surface area (Å²) < 4.78 is 5.39. The third kappa shape index (κ3) is 9.17. The lowest BCUT2D eigenvalue weighted by Crippen LogP contribution is -2.53. The highest BCUT2D eigenvalue weighted by Crippen LogP contribution is 2.26. The zero-order valence-corrected chi connectivity index (χ0v) is 20.4. The van der Waals surface area contributed by atoms with Crippen LogP contribution in [0.1, 0.15) is 66.4 Å². The number of hydrogen-bond donors (Lipinski definition) is 4. The maximum Gasteiger partial charge on any atom is 0.407 e. The van der Waals surface area contributed by atoms with Crippen LogP contribution in [-0.2, 0) is 16.0 Å². The van der Waals surface area contributed by atoms with Gasteiger partial charge in [0.1, 0.15) is 5.60 Å². The molecule has 0 aliphatic heterocycles. The first-order chi connectivity index (χ1) is 14.8. The number of amides is 2. The van der Waals surface area contributed by atoms with Gasteiger partial charge in [-0.05, 0) is 66.4 Å². The minimum atomic E-state index is -0.838. The van der Waals surface area contributed by atoms with Crippen molar-refractivity contribution < 1.29 is 19.4 Å². The molecule has 180 valence electrons. The number of hydrogen-bond acceptors (Lipinski definition) is 5. The van der Waals surface area contributed by atoms with Crippen LogP contribution in [0.25, 0.3) is 0 Å². The highest BCUT2D eigenvalue weighted by molar-refractivity contribution is 5.80. The molecule has 0 unspecified atom stereocenters. The third-order valence-electron chi connectivity index (χ3n) is 5.41. The second-order valence-corrected chi connectivity index (χ2v) is 10.8. The van der Waals surface area contributed by atoms with Crippen molar-refractivity contribution in [2.45, 2.75) is 96.6 Å². The van der Waals surface area contributed by atoms with Gasteiger partial charge >= 0.3 is 6.09 Å². The number of alkyl carbamates (subject to hydrolysis) is 1. The Morgan fingerprint density at radius 1 is 1.09 bits per heavy atom. The predicted molar refractivity (Wildman–Crippen MR) is 126 cm³/mol. The van der Waals surface area contributed by atoms with Gasteiger partial charge < -0.3 is 25.8 Å². The molecule has 0 radical (unpaired) electrons. The standard InChI is InChI=1S/C25H41N3O4/c1-24(2,3)28-22(30)18-13-10-14-19(18)26-16-21(29)20(15-17-11-8-7-9-12-17)27-23(31)32-25(4,5)6/h7-9,11-12,18-21,26,29H,10,13-16H2,1-6H3,(H,27,31)(H,28,30)/t18-,19+,20+,21-/m1/s1. The van der Waals surface area contributed by atoms with E-state index in [9.17, 15) is 14.7 Å². The van der Waals surface area contributed by atoms with Crippen LogP contribution >= 0.6 is 0 Å². The zero-order valence-electron chi connectivity index (χ0n) is 20.4. The number of benzene rings is 1. The van der Waals surface area contributed by atoms with Gasteiger partial charge in [-0.25, -0.2) is 4.79 Å². The maximum absolute atomic E-state index is 12.7. The first kappa shape index (κ1) is 26.1. The number of ether oxygens (including phenoxy) is 1. The SMILES string of the molecule is CC(C)(C)NC(=O)[C@@H]1CCC[C@@H]1NC[C@@H](O)[C@H](Cc1ccccc1)NC(=O)OC(C)(C)C. The lowest BCUT2D eigenvalue weighted by atomic mass is 9.98.